The van der Waals surface area contributed by atoms with E-state index in [4.69, 9.17) is 0 Å². The van der Waals surface area contributed by atoms with Crippen LogP contribution in [0.1, 0.15) is 28.1 Å². The zero-order valence-electron chi connectivity index (χ0n) is 17.5. The van der Waals surface area contributed by atoms with Crippen LogP contribution >= 0.6 is 22.6 Å². The molecule has 172 valence electrons. The van der Waals surface area contributed by atoms with E-state index >= 15 is 0 Å². The van der Waals surface area contributed by atoms with Crippen molar-refractivity contribution in [2.45, 2.75) is 26.4 Å². The predicted octanol–water partition coefficient (Wildman–Crippen LogP) is 5.32. The third kappa shape index (κ3) is 5.78. The van der Waals surface area contributed by atoms with Gasteiger partial charge in [0.2, 0.25) is 5.91 Å². The van der Waals surface area contributed by atoms with Crippen LogP contribution in [-0.2, 0) is 17.4 Å². The van der Waals surface area contributed by atoms with Gasteiger partial charge in [-0.25, -0.2) is 5.43 Å². The quantitative estimate of drug-likeness (QED) is 0.188. The molecule has 0 aliphatic carbocycles. The third-order valence-corrected chi connectivity index (χ3v) is 5.63. The first-order chi connectivity index (χ1) is 15.5. The average molecular weight is 570 g/mol. The smallest absolute Gasteiger partial charge is 0.318 e. The van der Waals surface area contributed by atoms with Gasteiger partial charge in [0, 0.05) is 37.8 Å². The van der Waals surface area contributed by atoms with Crippen LogP contribution in [0.5, 0.6) is 0 Å². The van der Waals surface area contributed by atoms with E-state index in [0.717, 1.165) is 32.3 Å². The molecule has 1 amide bonds. The Kier molecular flexibility index (Phi) is 7.20. The van der Waals surface area contributed by atoms with E-state index < -0.39 is 34.7 Å². The van der Waals surface area contributed by atoms with Crippen LogP contribution in [0, 0.1) is 27.5 Å². The molecular weight excluding hydrogens is 552 g/mol. The topological polar surface area (TPSA) is 89.5 Å². The molecule has 0 spiro atoms. The maximum Gasteiger partial charge on any atom is 0.416 e. The molecule has 7 nitrogen and oxygen atoms in total. The molecule has 3 rings (SSSR count). The van der Waals surface area contributed by atoms with Crippen LogP contribution in [0.3, 0.4) is 0 Å². The lowest BCUT2D eigenvalue weighted by molar-refractivity contribution is -0.385. The minimum Gasteiger partial charge on any atom is -0.318 e. The molecule has 3 aromatic rings. The largest absolute Gasteiger partial charge is 0.416 e. The summed E-state index contributed by atoms with van der Waals surface area (Å²) in [6.45, 7) is 3.84. The summed E-state index contributed by atoms with van der Waals surface area (Å²) in [7, 11) is 0. The van der Waals surface area contributed by atoms with Crippen molar-refractivity contribution in [3.63, 3.8) is 0 Å². The van der Waals surface area contributed by atoms with Crippen LogP contribution in [0.25, 0.3) is 5.69 Å². The van der Waals surface area contributed by atoms with Gasteiger partial charge < -0.3 is 4.57 Å². The highest BCUT2D eigenvalue weighted by Crippen LogP contribution is 2.33. The summed E-state index contributed by atoms with van der Waals surface area (Å²) in [5, 5.41) is 15.1. The predicted molar refractivity (Wildman–Crippen MR) is 125 cm³/mol. The van der Waals surface area contributed by atoms with Gasteiger partial charge in [-0.15, -0.1) is 0 Å². The van der Waals surface area contributed by atoms with E-state index in [-0.39, 0.29) is 5.56 Å². The lowest BCUT2D eigenvalue weighted by Gasteiger charge is -2.09. The number of aromatic nitrogens is 1. The Morgan fingerprint density at radius 2 is 1.85 bits per heavy atom. The van der Waals surface area contributed by atoms with Crippen LogP contribution < -0.4 is 5.43 Å². The Bertz CT molecular complexity index is 1230. The van der Waals surface area contributed by atoms with Crippen LogP contribution in [-0.4, -0.2) is 21.6 Å². The minimum absolute atomic E-state index is 0.141. The number of nitrogens with one attached hydrogen (secondary N) is 1. The van der Waals surface area contributed by atoms with E-state index in [2.05, 4.69) is 33.1 Å². The minimum atomic E-state index is -4.72. The normalized spacial score (nSPS) is 11.7. The molecule has 0 unspecified atom stereocenters. The van der Waals surface area contributed by atoms with Crippen molar-refractivity contribution in [1.29, 1.82) is 0 Å². The van der Waals surface area contributed by atoms with Gasteiger partial charge in [-0.2, -0.15) is 18.3 Å². The number of hydrogen-bond acceptors (Lipinski definition) is 4. The number of amides is 1. The molecule has 0 bridgehead atoms. The number of benzene rings is 2. The first-order valence-corrected chi connectivity index (χ1v) is 10.7. The molecule has 2 aromatic carbocycles. The molecule has 1 heterocycles. The monoisotopic (exact) mass is 570 g/mol. The number of carbonyl (C=O) groups is 1. The van der Waals surface area contributed by atoms with Gasteiger partial charge in [0.25, 0.3) is 5.69 Å². The Balaban J connectivity index is 1.73. The van der Waals surface area contributed by atoms with Gasteiger partial charge in [0.05, 0.1) is 23.1 Å². The Morgan fingerprint density at radius 1 is 1.18 bits per heavy atom. The second kappa shape index (κ2) is 9.73. The molecule has 0 radical (unpaired) electrons. The van der Waals surface area contributed by atoms with E-state index in [9.17, 15) is 28.1 Å². The van der Waals surface area contributed by atoms with Crippen molar-refractivity contribution in [3.8, 4) is 5.69 Å². The van der Waals surface area contributed by atoms with E-state index in [1.54, 1.807) is 0 Å². The molecule has 11 heteroatoms. The molecule has 0 saturated carbocycles. The van der Waals surface area contributed by atoms with Crippen molar-refractivity contribution >= 4 is 40.4 Å². The zero-order chi connectivity index (χ0) is 24.3. The summed E-state index contributed by atoms with van der Waals surface area (Å²) in [5.41, 5.74) is 3.79. The standard InChI is InChI=1S/C22H18F3IN4O3/c1-13-9-16(14(2)29(13)19-7-5-18(26)6-8-19)12-27-28-21(31)10-15-3-4-17(22(23,24)25)11-20(15)30(32)33/h3-9,11-12H,10H2,1-2H3,(H,28,31). The molecule has 0 fully saturated rings. The number of nitro benzene ring substituents is 1. The highest BCUT2D eigenvalue weighted by Gasteiger charge is 2.33. The molecule has 0 aliphatic rings. The zero-order valence-corrected chi connectivity index (χ0v) is 19.6. The Hall–Kier alpha value is -3.22. The fourth-order valence-electron chi connectivity index (χ4n) is 3.35. The van der Waals surface area contributed by atoms with Gasteiger partial charge in [0.15, 0.2) is 0 Å². The molecule has 1 N–H and O–H groups in total. The summed E-state index contributed by atoms with van der Waals surface area (Å²) in [6.07, 6.45) is -3.77. The number of hydrazone groups is 1. The van der Waals surface area contributed by atoms with Crippen molar-refractivity contribution in [3.05, 3.63) is 90.3 Å². The van der Waals surface area contributed by atoms with Gasteiger partial charge in [-0.3, -0.25) is 14.9 Å². The fraction of sp³-hybridized carbons (Fsp3) is 0.182. The number of aryl methyl sites for hydroxylation is 1. The number of carbonyl (C=O) groups excluding carboxylic acids is 1. The maximum absolute atomic E-state index is 12.8. The second-order valence-corrected chi connectivity index (χ2v) is 8.45. The van der Waals surface area contributed by atoms with Crippen LogP contribution in [0.15, 0.2) is 53.6 Å². The van der Waals surface area contributed by atoms with E-state index in [0.29, 0.717) is 12.1 Å². The lowest BCUT2D eigenvalue weighted by Crippen LogP contribution is -2.20. The van der Waals surface area contributed by atoms with E-state index in [1.165, 1.54) is 6.21 Å². The molecule has 0 saturated heterocycles. The Morgan fingerprint density at radius 3 is 2.45 bits per heavy atom. The first-order valence-electron chi connectivity index (χ1n) is 9.58. The summed E-state index contributed by atoms with van der Waals surface area (Å²) in [4.78, 5) is 22.4. The fourth-order valence-corrected chi connectivity index (χ4v) is 3.71. The third-order valence-electron chi connectivity index (χ3n) is 4.91. The highest BCUT2D eigenvalue weighted by atomic mass is 127. The van der Waals surface area contributed by atoms with Crippen molar-refractivity contribution in [2.24, 2.45) is 5.10 Å². The maximum atomic E-state index is 12.8. The molecular formula is C22H18F3IN4O3. The highest BCUT2D eigenvalue weighted by molar-refractivity contribution is 14.1. The van der Waals surface area contributed by atoms with Crippen molar-refractivity contribution in [2.75, 3.05) is 0 Å². The van der Waals surface area contributed by atoms with Crippen molar-refractivity contribution in [1.82, 2.24) is 9.99 Å². The summed E-state index contributed by atoms with van der Waals surface area (Å²) < 4.78 is 41.6. The number of halogens is 4. The number of rotatable bonds is 6. The van der Waals surface area contributed by atoms with E-state index in [1.807, 2.05) is 48.7 Å². The van der Waals surface area contributed by atoms with Crippen LogP contribution in [0.2, 0.25) is 0 Å². The van der Waals surface area contributed by atoms with Gasteiger partial charge in [-0.05, 0) is 72.8 Å². The molecule has 0 aliphatic heterocycles. The lowest BCUT2D eigenvalue weighted by atomic mass is 10.1. The number of nitro groups is 1. The van der Waals surface area contributed by atoms with Gasteiger partial charge >= 0.3 is 6.18 Å². The second-order valence-electron chi connectivity index (χ2n) is 7.21. The number of alkyl halides is 3. The van der Waals surface area contributed by atoms with Crippen LogP contribution in [0.4, 0.5) is 18.9 Å². The van der Waals surface area contributed by atoms with Crippen molar-refractivity contribution < 1.29 is 22.9 Å². The Labute approximate surface area is 200 Å². The first kappa shape index (κ1) is 24.4. The van der Waals surface area contributed by atoms with Gasteiger partial charge in [0.1, 0.15) is 0 Å². The number of hydrogen-bond donors (Lipinski definition) is 1. The molecule has 1 aromatic heterocycles. The molecule has 33 heavy (non-hydrogen) atoms. The number of nitrogens with zero attached hydrogens (tertiary/aromatic N) is 3. The SMILES string of the molecule is Cc1cc(C=NNC(=O)Cc2ccc(C(F)(F)F)cc2[N+](=O)[O-])c(C)n1-c1ccc(I)cc1. The summed E-state index contributed by atoms with van der Waals surface area (Å²) in [6, 6.07) is 11.9. The van der Waals surface area contributed by atoms with Gasteiger partial charge in [-0.1, -0.05) is 6.07 Å². The summed E-state index contributed by atoms with van der Waals surface area (Å²) in [5.74, 6) is -0.694. The average Bonchev–Trinajstić information content (AvgIpc) is 3.01. The molecule has 0 atom stereocenters. The summed E-state index contributed by atoms with van der Waals surface area (Å²) >= 11 is 2.22.